The third kappa shape index (κ3) is 3.66. The van der Waals surface area contributed by atoms with Crippen LogP contribution in [0.4, 0.5) is 29.3 Å². The standard InChI is InChI=1S/C24H23F3N2O5/c1-22(2,3)34-21(32)28-15-11-7-5-9-13(15)17-18(24(25,26)27)23(33-19(17)30)14-10-6-8-12-16(14)29(4)20(23)31/h5-12,17-18H,1-4H3,(H,28,32)/t17-,18-,23+/m1/s1. The molecule has 0 aliphatic carbocycles. The lowest BCUT2D eigenvalue weighted by molar-refractivity contribution is -0.213. The first-order valence-corrected chi connectivity index (χ1v) is 10.5. The zero-order valence-corrected chi connectivity index (χ0v) is 18.9. The van der Waals surface area contributed by atoms with Crippen molar-refractivity contribution < 1.29 is 37.0 Å². The number of halogens is 3. The summed E-state index contributed by atoms with van der Waals surface area (Å²) in [7, 11) is 1.34. The maximum absolute atomic E-state index is 14.7. The van der Waals surface area contributed by atoms with Gasteiger partial charge in [0.05, 0.1) is 5.69 Å². The van der Waals surface area contributed by atoms with Crippen LogP contribution >= 0.6 is 0 Å². The number of ether oxygens (including phenoxy) is 2. The fourth-order valence-corrected chi connectivity index (χ4v) is 4.63. The van der Waals surface area contributed by atoms with Gasteiger partial charge >= 0.3 is 18.2 Å². The van der Waals surface area contributed by atoms with Crippen molar-refractivity contribution in [2.75, 3.05) is 17.3 Å². The van der Waals surface area contributed by atoms with Gasteiger partial charge in [-0.1, -0.05) is 36.4 Å². The second-order valence-electron chi connectivity index (χ2n) is 9.25. The quantitative estimate of drug-likeness (QED) is 0.634. The van der Waals surface area contributed by atoms with E-state index in [1.165, 1.54) is 49.5 Å². The van der Waals surface area contributed by atoms with Crippen LogP contribution in [0.1, 0.15) is 37.8 Å². The van der Waals surface area contributed by atoms with Crippen molar-refractivity contribution in [1.82, 2.24) is 0 Å². The van der Waals surface area contributed by atoms with Crippen LogP contribution in [0.25, 0.3) is 0 Å². The molecule has 4 rings (SSSR count). The van der Waals surface area contributed by atoms with Crippen LogP contribution in [0.5, 0.6) is 0 Å². The number of fused-ring (bicyclic) bond motifs is 2. The first kappa shape index (κ1) is 23.6. The molecule has 180 valence electrons. The fourth-order valence-electron chi connectivity index (χ4n) is 4.63. The van der Waals surface area contributed by atoms with Gasteiger partial charge in [-0.05, 0) is 38.5 Å². The lowest BCUT2D eigenvalue weighted by Crippen LogP contribution is -2.49. The van der Waals surface area contributed by atoms with Gasteiger partial charge in [0.1, 0.15) is 17.4 Å². The average molecular weight is 476 g/mol. The van der Waals surface area contributed by atoms with Crippen molar-refractivity contribution in [1.29, 1.82) is 0 Å². The molecule has 1 spiro atoms. The van der Waals surface area contributed by atoms with Crippen molar-refractivity contribution >= 4 is 29.3 Å². The summed E-state index contributed by atoms with van der Waals surface area (Å²) in [4.78, 5) is 39.7. The molecule has 2 aromatic rings. The molecule has 0 radical (unpaired) electrons. The fraction of sp³-hybridized carbons (Fsp3) is 0.375. The summed E-state index contributed by atoms with van der Waals surface area (Å²) in [5.74, 6) is -6.61. The Kier molecular flexibility index (Phi) is 5.38. The molecule has 0 unspecified atom stereocenters. The number of anilines is 2. The van der Waals surface area contributed by atoms with Gasteiger partial charge in [0, 0.05) is 18.3 Å². The van der Waals surface area contributed by atoms with E-state index in [4.69, 9.17) is 9.47 Å². The molecule has 2 aliphatic rings. The van der Waals surface area contributed by atoms with Crippen LogP contribution in [0.2, 0.25) is 0 Å². The maximum atomic E-state index is 14.7. The molecule has 2 amide bonds. The van der Waals surface area contributed by atoms with Gasteiger partial charge in [0.25, 0.3) is 5.91 Å². The first-order valence-electron chi connectivity index (χ1n) is 10.5. The molecule has 3 atom stereocenters. The second-order valence-corrected chi connectivity index (χ2v) is 9.25. The maximum Gasteiger partial charge on any atom is 0.412 e. The molecule has 0 saturated carbocycles. The van der Waals surface area contributed by atoms with Crippen molar-refractivity contribution in [3.63, 3.8) is 0 Å². The predicted molar refractivity (Wildman–Crippen MR) is 116 cm³/mol. The molecule has 34 heavy (non-hydrogen) atoms. The molecule has 7 nitrogen and oxygen atoms in total. The Balaban J connectivity index is 1.85. The summed E-state index contributed by atoms with van der Waals surface area (Å²) in [6.45, 7) is 4.90. The van der Waals surface area contributed by atoms with Crippen molar-refractivity contribution in [2.45, 2.75) is 44.1 Å². The van der Waals surface area contributed by atoms with Gasteiger partial charge in [-0.15, -0.1) is 0 Å². The Morgan fingerprint density at radius 1 is 1.06 bits per heavy atom. The molecule has 10 heteroatoms. The normalized spacial score (nSPS) is 24.3. The van der Waals surface area contributed by atoms with Gasteiger partial charge in [0.15, 0.2) is 0 Å². The van der Waals surface area contributed by atoms with Crippen LogP contribution in [-0.2, 0) is 24.7 Å². The first-order chi connectivity index (χ1) is 15.8. The lowest BCUT2D eigenvalue weighted by atomic mass is 9.74. The molecule has 2 aromatic carbocycles. The number of alkyl halides is 3. The third-order valence-corrected chi connectivity index (χ3v) is 5.86. The highest BCUT2D eigenvalue weighted by Crippen LogP contribution is 2.61. The van der Waals surface area contributed by atoms with E-state index in [1.807, 2.05) is 0 Å². The predicted octanol–water partition coefficient (Wildman–Crippen LogP) is 4.72. The highest BCUT2D eigenvalue weighted by molar-refractivity contribution is 6.10. The van der Waals surface area contributed by atoms with Crippen LogP contribution < -0.4 is 10.2 Å². The molecular weight excluding hydrogens is 453 g/mol. The van der Waals surface area contributed by atoms with Crippen LogP contribution in [0, 0.1) is 5.92 Å². The summed E-state index contributed by atoms with van der Waals surface area (Å²) in [6.07, 6.45) is -5.89. The van der Waals surface area contributed by atoms with E-state index in [0.717, 1.165) is 4.90 Å². The molecular formula is C24H23F3N2O5. The smallest absolute Gasteiger partial charge is 0.412 e. The lowest BCUT2D eigenvalue weighted by Gasteiger charge is -2.31. The number of carbonyl (C=O) groups is 3. The Labute approximate surface area is 193 Å². The second kappa shape index (κ2) is 7.75. The van der Waals surface area contributed by atoms with E-state index in [0.29, 0.717) is 0 Å². The van der Waals surface area contributed by atoms with Gasteiger partial charge in [-0.2, -0.15) is 13.2 Å². The Morgan fingerprint density at radius 2 is 1.68 bits per heavy atom. The number of hydrogen-bond donors (Lipinski definition) is 1. The van der Waals surface area contributed by atoms with Gasteiger partial charge < -0.3 is 14.4 Å². The summed E-state index contributed by atoms with van der Waals surface area (Å²) >= 11 is 0. The van der Waals surface area contributed by atoms with Crippen molar-refractivity contribution in [3.8, 4) is 0 Å². The van der Waals surface area contributed by atoms with E-state index in [9.17, 15) is 27.6 Å². The molecule has 2 aliphatic heterocycles. The van der Waals surface area contributed by atoms with Crippen molar-refractivity contribution in [2.24, 2.45) is 5.92 Å². The van der Waals surface area contributed by atoms with E-state index in [-0.39, 0.29) is 22.5 Å². The molecule has 2 heterocycles. The van der Waals surface area contributed by atoms with Crippen LogP contribution in [-0.4, -0.2) is 36.8 Å². The van der Waals surface area contributed by atoms with Crippen LogP contribution in [0.15, 0.2) is 48.5 Å². The largest absolute Gasteiger partial charge is 0.444 e. The Bertz CT molecular complexity index is 1170. The van der Waals surface area contributed by atoms with E-state index in [1.54, 1.807) is 26.8 Å². The minimum Gasteiger partial charge on any atom is -0.444 e. The average Bonchev–Trinajstić information content (AvgIpc) is 3.15. The SMILES string of the molecule is CN1C(=O)[C@]2(OC(=O)[C@H](c3ccccc3NC(=O)OC(C)(C)C)[C@H]2C(F)(F)F)c2ccccc21. The highest BCUT2D eigenvalue weighted by Gasteiger charge is 2.74. The Hall–Kier alpha value is -3.56. The number of rotatable bonds is 2. The van der Waals surface area contributed by atoms with E-state index in [2.05, 4.69) is 5.32 Å². The number of nitrogens with one attached hydrogen (secondary N) is 1. The number of nitrogens with zero attached hydrogens (tertiary/aromatic N) is 1. The molecule has 1 saturated heterocycles. The summed E-state index contributed by atoms with van der Waals surface area (Å²) < 4.78 is 54.6. The number of amides is 2. The number of esters is 1. The minimum absolute atomic E-state index is 0.0294. The van der Waals surface area contributed by atoms with Gasteiger partial charge in [0.2, 0.25) is 5.60 Å². The number of likely N-dealkylation sites (N-methyl/N-ethyl adjacent to an activating group) is 1. The number of para-hydroxylation sites is 2. The molecule has 1 N–H and O–H groups in total. The number of carbonyl (C=O) groups excluding carboxylic acids is 3. The third-order valence-electron chi connectivity index (χ3n) is 5.86. The molecule has 0 bridgehead atoms. The zero-order chi connectivity index (χ0) is 25.1. The monoisotopic (exact) mass is 476 g/mol. The topological polar surface area (TPSA) is 84.9 Å². The van der Waals surface area contributed by atoms with Gasteiger partial charge in [-0.25, -0.2) is 4.79 Å². The number of benzene rings is 2. The minimum atomic E-state index is -5.00. The molecule has 1 fully saturated rings. The van der Waals surface area contributed by atoms with Gasteiger partial charge in [-0.3, -0.25) is 14.9 Å². The Morgan fingerprint density at radius 3 is 2.32 bits per heavy atom. The number of hydrogen-bond acceptors (Lipinski definition) is 5. The zero-order valence-electron chi connectivity index (χ0n) is 18.9. The summed E-state index contributed by atoms with van der Waals surface area (Å²) in [5, 5.41) is 2.42. The van der Waals surface area contributed by atoms with E-state index < -0.39 is 47.2 Å². The van der Waals surface area contributed by atoms with E-state index >= 15 is 0 Å². The summed E-state index contributed by atoms with van der Waals surface area (Å²) in [6, 6.07) is 11.5. The highest BCUT2D eigenvalue weighted by atomic mass is 19.4. The molecule has 0 aromatic heterocycles. The van der Waals surface area contributed by atoms with Crippen molar-refractivity contribution in [3.05, 3.63) is 59.7 Å². The summed E-state index contributed by atoms with van der Waals surface area (Å²) in [5.41, 5.74) is -3.39. The van der Waals surface area contributed by atoms with Crippen LogP contribution in [0.3, 0.4) is 0 Å².